The lowest BCUT2D eigenvalue weighted by Crippen LogP contribution is -2.07. The molecule has 0 radical (unpaired) electrons. The molecular weight excluding hydrogens is 288 g/mol. The summed E-state index contributed by atoms with van der Waals surface area (Å²) in [5.74, 6) is 0. The number of nitrogens with one attached hydrogen (secondary N) is 1. The molecule has 2 nitrogen and oxygen atoms in total. The Morgan fingerprint density at radius 2 is 2.00 bits per heavy atom. The van der Waals surface area contributed by atoms with Gasteiger partial charge in [-0.2, -0.15) is 0 Å². The zero-order chi connectivity index (χ0) is 14.1. The van der Waals surface area contributed by atoms with Gasteiger partial charge in [-0.15, -0.1) is 11.3 Å². The van der Waals surface area contributed by atoms with Crippen molar-refractivity contribution in [1.29, 1.82) is 0 Å². The van der Waals surface area contributed by atoms with Crippen molar-refractivity contribution in [3.63, 3.8) is 0 Å². The summed E-state index contributed by atoms with van der Waals surface area (Å²) in [5.41, 5.74) is 3.31. The molecule has 3 rings (SSSR count). The fourth-order valence-electron chi connectivity index (χ4n) is 2.16. The van der Waals surface area contributed by atoms with Crippen LogP contribution in [-0.2, 0) is 0 Å². The molecule has 0 fully saturated rings. The average molecular weight is 303 g/mol. The van der Waals surface area contributed by atoms with E-state index in [4.69, 9.17) is 11.6 Å². The molecule has 0 aliphatic rings. The number of hydrogen-bond donors (Lipinski definition) is 1. The maximum atomic E-state index is 5.99. The summed E-state index contributed by atoms with van der Waals surface area (Å²) in [4.78, 5) is 4.69. The van der Waals surface area contributed by atoms with Crippen LogP contribution >= 0.6 is 22.9 Å². The van der Waals surface area contributed by atoms with Crippen molar-refractivity contribution in [2.24, 2.45) is 0 Å². The van der Waals surface area contributed by atoms with Crippen LogP contribution in [-0.4, -0.2) is 4.98 Å². The Bertz CT molecular complexity index is 718. The van der Waals surface area contributed by atoms with Crippen molar-refractivity contribution >= 4 is 38.8 Å². The summed E-state index contributed by atoms with van der Waals surface area (Å²) in [6, 6.07) is 14.3. The molecule has 0 aliphatic carbocycles. The number of halogens is 1. The van der Waals surface area contributed by atoms with E-state index in [0.29, 0.717) is 0 Å². The number of thiazole rings is 1. The van der Waals surface area contributed by atoms with Crippen LogP contribution in [0.15, 0.2) is 42.5 Å². The van der Waals surface area contributed by atoms with Crippen molar-refractivity contribution in [2.75, 3.05) is 5.32 Å². The highest BCUT2D eigenvalue weighted by Crippen LogP contribution is 2.29. The number of fused-ring (bicyclic) bond motifs is 1. The van der Waals surface area contributed by atoms with Gasteiger partial charge in [0.15, 0.2) is 0 Å². The van der Waals surface area contributed by atoms with E-state index in [1.165, 1.54) is 4.70 Å². The lowest BCUT2D eigenvalue weighted by molar-refractivity contribution is 0.872. The van der Waals surface area contributed by atoms with Gasteiger partial charge in [0.05, 0.1) is 16.3 Å². The van der Waals surface area contributed by atoms with Crippen LogP contribution in [0, 0.1) is 6.92 Å². The Hall–Kier alpha value is -1.58. The lowest BCUT2D eigenvalue weighted by Gasteiger charge is -2.15. The van der Waals surface area contributed by atoms with E-state index in [0.717, 1.165) is 26.8 Å². The van der Waals surface area contributed by atoms with Crippen LogP contribution < -0.4 is 5.32 Å². The van der Waals surface area contributed by atoms with Gasteiger partial charge in [0.25, 0.3) is 0 Å². The standard InChI is InChI=1S/C16H15ClN2S/c1-10-9-12(17)7-8-13(10)18-11(2)16-19-14-5-3-4-6-15(14)20-16/h3-9,11,18H,1-2H3. The molecule has 4 heteroatoms. The van der Waals surface area contributed by atoms with E-state index in [2.05, 4.69) is 36.3 Å². The van der Waals surface area contributed by atoms with E-state index in [1.54, 1.807) is 11.3 Å². The van der Waals surface area contributed by atoms with E-state index in [1.807, 2.05) is 30.3 Å². The molecule has 1 heterocycles. The van der Waals surface area contributed by atoms with E-state index >= 15 is 0 Å². The number of benzene rings is 2. The Labute approximate surface area is 127 Å². The predicted molar refractivity (Wildman–Crippen MR) is 87.8 cm³/mol. The van der Waals surface area contributed by atoms with Crippen molar-refractivity contribution in [3.05, 3.63) is 58.1 Å². The molecule has 0 saturated carbocycles. The third-order valence-electron chi connectivity index (χ3n) is 3.24. The summed E-state index contributed by atoms with van der Waals surface area (Å²) in [5, 5.41) is 5.37. The normalized spacial score (nSPS) is 12.6. The maximum absolute atomic E-state index is 5.99. The number of nitrogens with zero attached hydrogens (tertiary/aromatic N) is 1. The van der Waals surface area contributed by atoms with Gasteiger partial charge in [0, 0.05) is 10.7 Å². The SMILES string of the molecule is Cc1cc(Cl)ccc1NC(C)c1nc2ccccc2s1. The summed E-state index contributed by atoms with van der Waals surface area (Å²) < 4.78 is 1.23. The van der Waals surface area contributed by atoms with Crippen LogP contribution in [0.25, 0.3) is 10.2 Å². The molecule has 0 bridgehead atoms. The molecule has 0 saturated heterocycles. The smallest absolute Gasteiger partial charge is 0.116 e. The minimum atomic E-state index is 0.173. The van der Waals surface area contributed by atoms with Crippen LogP contribution in [0.3, 0.4) is 0 Å². The zero-order valence-electron chi connectivity index (χ0n) is 11.4. The van der Waals surface area contributed by atoms with Crippen molar-refractivity contribution in [1.82, 2.24) is 4.98 Å². The number of anilines is 1. The van der Waals surface area contributed by atoms with E-state index in [-0.39, 0.29) is 6.04 Å². The van der Waals surface area contributed by atoms with Crippen molar-refractivity contribution in [2.45, 2.75) is 19.9 Å². The number of aromatic nitrogens is 1. The number of hydrogen-bond acceptors (Lipinski definition) is 3. The van der Waals surface area contributed by atoms with Gasteiger partial charge >= 0.3 is 0 Å². The topological polar surface area (TPSA) is 24.9 Å². The van der Waals surface area contributed by atoms with Crippen LogP contribution in [0.1, 0.15) is 23.5 Å². The molecule has 20 heavy (non-hydrogen) atoms. The molecule has 3 aromatic rings. The fraction of sp³-hybridized carbons (Fsp3) is 0.188. The third kappa shape index (κ3) is 2.65. The van der Waals surface area contributed by atoms with Gasteiger partial charge in [0.1, 0.15) is 5.01 Å². The minimum Gasteiger partial charge on any atom is -0.376 e. The first-order chi connectivity index (χ1) is 9.63. The summed E-state index contributed by atoms with van der Waals surface area (Å²) in [7, 11) is 0. The summed E-state index contributed by atoms with van der Waals surface area (Å²) >= 11 is 7.72. The maximum Gasteiger partial charge on any atom is 0.116 e. The lowest BCUT2D eigenvalue weighted by atomic mass is 10.2. The second kappa shape index (κ2) is 5.43. The van der Waals surface area contributed by atoms with Gasteiger partial charge in [-0.1, -0.05) is 23.7 Å². The Morgan fingerprint density at radius 1 is 1.20 bits per heavy atom. The minimum absolute atomic E-state index is 0.173. The Morgan fingerprint density at radius 3 is 2.75 bits per heavy atom. The van der Waals surface area contributed by atoms with Crippen LogP contribution in [0.5, 0.6) is 0 Å². The van der Waals surface area contributed by atoms with E-state index < -0.39 is 0 Å². The second-order valence-corrected chi connectivity index (χ2v) is 6.34. The zero-order valence-corrected chi connectivity index (χ0v) is 12.9. The highest BCUT2D eigenvalue weighted by molar-refractivity contribution is 7.18. The molecule has 0 spiro atoms. The first kappa shape index (κ1) is 13.4. The molecule has 1 unspecified atom stereocenters. The van der Waals surface area contributed by atoms with Gasteiger partial charge in [0.2, 0.25) is 0 Å². The van der Waals surface area contributed by atoms with Gasteiger partial charge in [-0.3, -0.25) is 0 Å². The number of para-hydroxylation sites is 1. The monoisotopic (exact) mass is 302 g/mol. The van der Waals surface area contributed by atoms with Gasteiger partial charge < -0.3 is 5.32 Å². The molecule has 0 aliphatic heterocycles. The molecule has 0 amide bonds. The molecule has 1 N–H and O–H groups in total. The number of aryl methyl sites for hydroxylation is 1. The fourth-order valence-corrected chi connectivity index (χ4v) is 3.36. The largest absolute Gasteiger partial charge is 0.376 e. The molecule has 1 atom stereocenters. The van der Waals surface area contributed by atoms with Gasteiger partial charge in [-0.05, 0) is 49.7 Å². The Balaban J connectivity index is 1.86. The average Bonchev–Trinajstić information content (AvgIpc) is 2.86. The first-order valence-corrected chi connectivity index (χ1v) is 7.71. The van der Waals surface area contributed by atoms with Gasteiger partial charge in [-0.25, -0.2) is 4.98 Å². The van der Waals surface area contributed by atoms with Crippen molar-refractivity contribution in [3.8, 4) is 0 Å². The summed E-state index contributed by atoms with van der Waals surface area (Å²) in [6.07, 6.45) is 0. The highest BCUT2D eigenvalue weighted by Gasteiger charge is 2.12. The third-order valence-corrected chi connectivity index (χ3v) is 4.70. The molecule has 1 aromatic heterocycles. The van der Waals surface area contributed by atoms with Crippen LogP contribution in [0.2, 0.25) is 5.02 Å². The van der Waals surface area contributed by atoms with Crippen LogP contribution in [0.4, 0.5) is 5.69 Å². The summed E-state index contributed by atoms with van der Waals surface area (Å²) in [6.45, 7) is 4.19. The van der Waals surface area contributed by atoms with Crippen molar-refractivity contribution < 1.29 is 0 Å². The van der Waals surface area contributed by atoms with E-state index in [9.17, 15) is 0 Å². The molecule has 2 aromatic carbocycles. The molecule has 102 valence electrons. The second-order valence-electron chi connectivity index (χ2n) is 4.85. The quantitative estimate of drug-likeness (QED) is 0.697. The highest BCUT2D eigenvalue weighted by atomic mass is 35.5. The molecular formula is C16H15ClN2S. The first-order valence-electron chi connectivity index (χ1n) is 6.51. The number of rotatable bonds is 3. The Kier molecular flexibility index (Phi) is 3.64. The predicted octanol–water partition coefficient (Wildman–Crippen LogP) is 5.43.